The van der Waals surface area contributed by atoms with E-state index in [0.29, 0.717) is 17.6 Å². The molecule has 0 aromatic carbocycles. The summed E-state index contributed by atoms with van der Waals surface area (Å²) < 4.78 is 4.28. The van der Waals surface area contributed by atoms with Gasteiger partial charge in [0.1, 0.15) is 11.0 Å². The fourth-order valence-electron chi connectivity index (χ4n) is 1.94. The van der Waals surface area contributed by atoms with Crippen molar-refractivity contribution < 1.29 is 0 Å². The van der Waals surface area contributed by atoms with E-state index in [2.05, 4.69) is 5.10 Å². The number of likely N-dealkylation sites (N-methyl/N-ethyl adjacent to an activating group) is 1. The van der Waals surface area contributed by atoms with Gasteiger partial charge in [0.15, 0.2) is 0 Å². The van der Waals surface area contributed by atoms with Gasteiger partial charge in [-0.15, -0.1) is 0 Å². The standard InChI is InChI=1S/C11H17N5O2/c1-13(2)5-6-16-9-8(7-12-15(9)4)10(17)14(3)11(16)18/h7H,5-6H2,1-4H3. The van der Waals surface area contributed by atoms with Crippen LogP contribution in [0.1, 0.15) is 0 Å². The van der Waals surface area contributed by atoms with Gasteiger partial charge in [-0.05, 0) is 14.1 Å². The predicted octanol–water partition coefficient (Wildman–Crippen LogP) is -1.00. The number of nitrogens with zero attached hydrogens (tertiary/aromatic N) is 5. The summed E-state index contributed by atoms with van der Waals surface area (Å²) in [5, 5.41) is 4.53. The Labute approximate surface area is 104 Å². The normalized spacial score (nSPS) is 11.6. The average Bonchev–Trinajstić information content (AvgIpc) is 2.68. The highest BCUT2D eigenvalue weighted by molar-refractivity contribution is 5.73. The highest BCUT2D eigenvalue weighted by Gasteiger charge is 2.14. The molecule has 0 fully saturated rings. The van der Waals surface area contributed by atoms with Crippen molar-refractivity contribution in [3.8, 4) is 0 Å². The second-order valence-corrected chi connectivity index (χ2v) is 4.61. The summed E-state index contributed by atoms with van der Waals surface area (Å²) in [6.07, 6.45) is 1.50. The zero-order valence-corrected chi connectivity index (χ0v) is 11.0. The monoisotopic (exact) mass is 251 g/mol. The molecule has 7 heteroatoms. The Kier molecular flexibility index (Phi) is 3.08. The topological polar surface area (TPSA) is 65.1 Å². The van der Waals surface area contributed by atoms with Crippen LogP contribution < -0.4 is 11.2 Å². The van der Waals surface area contributed by atoms with Gasteiger partial charge in [0.05, 0.1) is 6.20 Å². The van der Waals surface area contributed by atoms with Gasteiger partial charge in [-0.3, -0.25) is 18.6 Å². The predicted molar refractivity (Wildman–Crippen MR) is 68.8 cm³/mol. The van der Waals surface area contributed by atoms with E-state index >= 15 is 0 Å². The zero-order chi connectivity index (χ0) is 13.4. The Balaban J connectivity index is 2.74. The van der Waals surface area contributed by atoms with E-state index in [9.17, 15) is 9.59 Å². The molecule has 0 N–H and O–H groups in total. The van der Waals surface area contributed by atoms with Crippen molar-refractivity contribution in [2.24, 2.45) is 14.1 Å². The van der Waals surface area contributed by atoms with Crippen LogP contribution >= 0.6 is 0 Å². The molecule has 0 saturated carbocycles. The van der Waals surface area contributed by atoms with E-state index in [1.54, 1.807) is 16.3 Å². The van der Waals surface area contributed by atoms with Crippen LogP contribution in [0.5, 0.6) is 0 Å². The third-order valence-electron chi connectivity index (χ3n) is 2.99. The van der Waals surface area contributed by atoms with E-state index < -0.39 is 0 Å². The van der Waals surface area contributed by atoms with E-state index in [1.165, 1.54) is 13.2 Å². The number of hydrogen-bond acceptors (Lipinski definition) is 4. The summed E-state index contributed by atoms with van der Waals surface area (Å²) >= 11 is 0. The number of fused-ring (bicyclic) bond motifs is 1. The molecule has 0 aliphatic carbocycles. The first kappa shape index (κ1) is 12.6. The Morgan fingerprint density at radius 3 is 2.56 bits per heavy atom. The maximum Gasteiger partial charge on any atom is 0.332 e. The quantitative estimate of drug-likeness (QED) is 0.701. The van der Waals surface area contributed by atoms with Crippen LogP contribution in [-0.2, 0) is 20.6 Å². The molecule has 0 aliphatic heterocycles. The SMILES string of the molecule is CN(C)CCn1c(=O)n(C)c(=O)c2cnn(C)c21. The molecule has 2 heterocycles. The molecule has 0 unspecified atom stereocenters. The minimum atomic E-state index is -0.307. The number of hydrogen-bond donors (Lipinski definition) is 0. The lowest BCUT2D eigenvalue weighted by molar-refractivity contribution is 0.379. The van der Waals surface area contributed by atoms with E-state index in [0.717, 1.165) is 11.1 Å². The molecule has 0 bridgehead atoms. The molecular weight excluding hydrogens is 234 g/mol. The van der Waals surface area contributed by atoms with E-state index in [1.807, 2.05) is 19.0 Å². The Bertz CT molecular complexity index is 692. The lowest BCUT2D eigenvalue weighted by Crippen LogP contribution is -2.39. The summed E-state index contributed by atoms with van der Waals surface area (Å²) in [4.78, 5) is 26.1. The van der Waals surface area contributed by atoms with Crippen LogP contribution in [0.25, 0.3) is 11.0 Å². The minimum Gasteiger partial charge on any atom is -0.308 e. The van der Waals surface area contributed by atoms with Crippen LogP contribution in [0.2, 0.25) is 0 Å². The highest BCUT2D eigenvalue weighted by atomic mass is 16.2. The second kappa shape index (κ2) is 4.41. The molecule has 0 aliphatic rings. The number of aryl methyl sites for hydroxylation is 1. The Hall–Kier alpha value is -1.89. The zero-order valence-electron chi connectivity index (χ0n) is 11.0. The van der Waals surface area contributed by atoms with Crippen molar-refractivity contribution in [3.05, 3.63) is 27.0 Å². The van der Waals surface area contributed by atoms with Crippen LogP contribution in [-0.4, -0.2) is 44.5 Å². The molecule has 2 aromatic heterocycles. The van der Waals surface area contributed by atoms with Crippen molar-refractivity contribution in [2.75, 3.05) is 20.6 Å². The van der Waals surface area contributed by atoms with Gasteiger partial charge in [0, 0.05) is 27.2 Å². The molecular formula is C11H17N5O2. The average molecular weight is 251 g/mol. The molecule has 2 rings (SSSR count). The van der Waals surface area contributed by atoms with Gasteiger partial charge in [0.25, 0.3) is 5.56 Å². The molecule has 0 spiro atoms. The smallest absolute Gasteiger partial charge is 0.308 e. The molecule has 0 amide bonds. The summed E-state index contributed by atoms with van der Waals surface area (Å²) in [5.74, 6) is 0. The molecule has 2 aromatic rings. The van der Waals surface area contributed by atoms with Gasteiger partial charge in [-0.2, -0.15) is 5.10 Å². The number of rotatable bonds is 3. The van der Waals surface area contributed by atoms with Gasteiger partial charge in [-0.25, -0.2) is 4.79 Å². The first-order valence-electron chi connectivity index (χ1n) is 5.69. The van der Waals surface area contributed by atoms with Gasteiger partial charge in [0.2, 0.25) is 0 Å². The summed E-state index contributed by atoms with van der Waals surface area (Å²) in [6, 6.07) is 0. The van der Waals surface area contributed by atoms with Crippen molar-refractivity contribution in [1.29, 1.82) is 0 Å². The second-order valence-electron chi connectivity index (χ2n) is 4.61. The molecule has 0 radical (unpaired) electrons. The van der Waals surface area contributed by atoms with Crippen molar-refractivity contribution >= 4 is 11.0 Å². The largest absolute Gasteiger partial charge is 0.332 e. The molecule has 98 valence electrons. The first-order chi connectivity index (χ1) is 8.43. The molecule has 0 saturated heterocycles. The maximum absolute atomic E-state index is 12.1. The lowest BCUT2D eigenvalue weighted by Gasteiger charge is -2.13. The fourth-order valence-corrected chi connectivity index (χ4v) is 1.94. The van der Waals surface area contributed by atoms with Crippen LogP contribution in [0.3, 0.4) is 0 Å². The van der Waals surface area contributed by atoms with E-state index in [-0.39, 0.29) is 11.2 Å². The highest BCUT2D eigenvalue weighted by Crippen LogP contribution is 2.05. The number of aromatic nitrogens is 4. The third-order valence-corrected chi connectivity index (χ3v) is 2.99. The van der Waals surface area contributed by atoms with Crippen molar-refractivity contribution in [2.45, 2.75) is 6.54 Å². The van der Waals surface area contributed by atoms with Gasteiger partial charge >= 0.3 is 5.69 Å². The van der Waals surface area contributed by atoms with Crippen LogP contribution in [0, 0.1) is 0 Å². The fraction of sp³-hybridized carbons (Fsp3) is 0.545. The summed E-state index contributed by atoms with van der Waals surface area (Å²) in [5.41, 5.74) is -0.0351. The van der Waals surface area contributed by atoms with Crippen LogP contribution in [0.4, 0.5) is 0 Å². The Morgan fingerprint density at radius 2 is 1.94 bits per heavy atom. The summed E-state index contributed by atoms with van der Waals surface area (Å²) in [6.45, 7) is 1.24. The van der Waals surface area contributed by atoms with Crippen molar-refractivity contribution in [1.82, 2.24) is 23.8 Å². The Morgan fingerprint density at radius 1 is 1.28 bits per heavy atom. The maximum atomic E-state index is 12.1. The molecule has 18 heavy (non-hydrogen) atoms. The third kappa shape index (κ3) is 1.86. The molecule has 0 atom stereocenters. The van der Waals surface area contributed by atoms with Crippen LogP contribution in [0.15, 0.2) is 15.8 Å². The minimum absolute atomic E-state index is 0.302. The van der Waals surface area contributed by atoms with Crippen molar-refractivity contribution in [3.63, 3.8) is 0 Å². The first-order valence-corrected chi connectivity index (χ1v) is 5.69. The lowest BCUT2D eigenvalue weighted by atomic mass is 10.4. The van der Waals surface area contributed by atoms with Gasteiger partial charge < -0.3 is 4.90 Å². The molecule has 7 nitrogen and oxygen atoms in total. The van der Waals surface area contributed by atoms with E-state index in [4.69, 9.17) is 0 Å². The van der Waals surface area contributed by atoms with Gasteiger partial charge in [-0.1, -0.05) is 0 Å². The summed E-state index contributed by atoms with van der Waals surface area (Å²) in [7, 11) is 7.09.